The number of hydrogen-bond donors (Lipinski definition) is 1. The maximum absolute atomic E-state index is 4.28. The first kappa shape index (κ1) is 13.1. The number of aromatic nitrogens is 1. The average molecular weight is 267 g/mol. The van der Waals surface area contributed by atoms with E-state index in [4.69, 9.17) is 0 Å². The van der Waals surface area contributed by atoms with Gasteiger partial charge in [0.1, 0.15) is 0 Å². The summed E-state index contributed by atoms with van der Waals surface area (Å²) in [5.74, 6) is 0. The van der Waals surface area contributed by atoms with Gasteiger partial charge in [-0.25, -0.2) is 0 Å². The van der Waals surface area contributed by atoms with Gasteiger partial charge in [0.2, 0.25) is 0 Å². The van der Waals surface area contributed by atoms with E-state index in [1.165, 1.54) is 29.7 Å². The fourth-order valence-corrected chi connectivity index (χ4v) is 2.39. The van der Waals surface area contributed by atoms with Gasteiger partial charge in [-0.2, -0.15) is 0 Å². The minimum Gasteiger partial charge on any atom is -0.369 e. The van der Waals surface area contributed by atoms with E-state index < -0.39 is 0 Å². The highest BCUT2D eigenvalue weighted by Gasteiger charge is 2.20. The highest BCUT2D eigenvalue weighted by Crippen LogP contribution is 2.23. The Hall–Kier alpha value is -1.87. The molecule has 1 fully saturated rings. The summed E-state index contributed by atoms with van der Waals surface area (Å²) in [6.07, 6.45) is 6.48. The Morgan fingerprint density at radius 3 is 2.75 bits per heavy atom. The normalized spacial score (nSPS) is 14.2. The summed E-state index contributed by atoms with van der Waals surface area (Å²) in [4.78, 5) is 6.55. The summed E-state index contributed by atoms with van der Waals surface area (Å²) in [5.41, 5.74) is 3.86. The van der Waals surface area contributed by atoms with E-state index in [1.54, 1.807) is 0 Å². The highest BCUT2D eigenvalue weighted by atomic mass is 15.1. The summed E-state index contributed by atoms with van der Waals surface area (Å²) in [7, 11) is 2.13. The zero-order valence-electron chi connectivity index (χ0n) is 11.9. The van der Waals surface area contributed by atoms with Gasteiger partial charge in [0.25, 0.3) is 0 Å². The standard InChI is InChI=1S/C17H21N3/c1-20(13-14-5-3-2-4-6-14)17-12-18-10-9-15(17)11-19-16-7-8-16/h2-6,9-10,12,16,19H,7-8,11,13H2,1H3. The van der Waals surface area contributed by atoms with Crippen molar-refractivity contribution in [1.29, 1.82) is 0 Å². The van der Waals surface area contributed by atoms with Crippen LogP contribution in [0.2, 0.25) is 0 Å². The summed E-state index contributed by atoms with van der Waals surface area (Å²) in [6, 6.07) is 13.4. The van der Waals surface area contributed by atoms with Crippen molar-refractivity contribution in [3.63, 3.8) is 0 Å². The minimum atomic E-state index is 0.732. The first-order chi connectivity index (χ1) is 9.83. The van der Waals surface area contributed by atoms with Crippen LogP contribution in [0.25, 0.3) is 0 Å². The molecule has 0 atom stereocenters. The zero-order valence-corrected chi connectivity index (χ0v) is 11.9. The molecule has 1 N–H and O–H groups in total. The lowest BCUT2D eigenvalue weighted by molar-refractivity contribution is 0.684. The number of rotatable bonds is 6. The maximum atomic E-state index is 4.28. The number of pyridine rings is 1. The summed E-state index contributed by atoms with van der Waals surface area (Å²) < 4.78 is 0. The van der Waals surface area contributed by atoms with Crippen LogP contribution < -0.4 is 10.2 Å². The second-order valence-electron chi connectivity index (χ2n) is 5.50. The van der Waals surface area contributed by atoms with E-state index >= 15 is 0 Å². The molecular formula is C17H21N3. The Morgan fingerprint density at radius 1 is 1.20 bits per heavy atom. The van der Waals surface area contributed by atoms with E-state index in [0.29, 0.717) is 0 Å². The molecule has 1 heterocycles. The highest BCUT2D eigenvalue weighted by molar-refractivity contribution is 5.51. The van der Waals surface area contributed by atoms with Crippen LogP contribution in [-0.4, -0.2) is 18.1 Å². The van der Waals surface area contributed by atoms with Crippen LogP contribution in [-0.2, 0) is 13.1 Å². The molecule has 0 bridgehead atoms. The third-order valence-corrected chi connectivity index (χ3v) is 3.72. The van der Waals surface area contributed by atoms with Gasteiger partial charge in [-0.15, -0.1) is 0 Å². The summed E-state index contributed by atoms with van der Waals surface area (Å²) in [6.45, 7) is 1.84. The Labute approximate surface area is 120 Å². The molecule has 1 aromatic heterocycles. The molecule has 1 aliphatic rings. The molecule has 0 aliphatic heterocycles. The van der Waals surface area contributed by atoms with Gasteiger partial charge in [0.05, 0.1) is 11.9 Å². The minimum absolute atomic E-state index is 0.732. The third-order valence-electron chi connectivity index (χ3n) is 3.72. The predicted octanol–water partition coefficient (Wildman–Crippen LogP) is 2.97. The number of nitrogens with zero attached hydrogens (tertiary/aromatic N) is 2. The van der Waals surface area contributed by atoms with Crippen molar-refractivity contribution in [2.75, 3.05) is 11.9 Å². The van der Waals surface area contributed by atoms with Gasteiger partial charge in [-0.05, 0) is 30.0 Å². The molecule has 0 amide bonds. The topological polar surface area (TPSA) is 28.2 Å². The van der Waals surface area contributed by atoms with Crippen LogP contribution in [0.1, 0.15) is 24.0 Å². The lowest BCUT2D eigenvalue weighted by atomic mass is 10.1. The van der Waals surface area contributed by atoms with E-state index in [0.717, 1.165) is 19.1 Å². The molecule has 1 aliphatic carbocycles. The molecule has 3 heteroatoms. The first-order valence-electron chi connectivity index (χ1n) is 7.24. The first-order valence-corrected chi connectivity index (χ1v) is 7.24. The van der Waals surface area contributed by atoms with E-state index in [9.17, 15) is 0 Å². The zero-order chi connectivity index (χ0) is 13.8. The second-order valence-corrected chi connectivity index (χ2v) is 5.50. The van der Waals surface area contributed by atoms with Gasteiger partial charge < -0.3 is 10.2 Å². The monoisotopic (exact) mass is 267 g/mol. The predicted molar refractivity (Wildman–Crippen MR) is 82.6 cm³/mol. The Kier molecular flexibility index (Phi) is 3.97. The van der Waals surface area contributed by atoms with Gasteiger partial charge in [-0.1, -0.05) is 30.3 Å². The molecular weight excluding hydrogens is 246 g/mol. The van der Waals surface area contributed by atoms with Crippen LogP contribution in [0, 0.1) is 0 Å². The van der Waals surface area contributed by atoms with Crippen molar-refractivity contribution in [2.45, 2.75) is 32.0 Å². The smallest absolute Gasteiger partial charge is 0.0598 e. The largest absolute Gasteiger partial charge is 0.369 e. The van der Waals surface area contributed by atoms with Crippen molar-refractivity contribution in [3.05, 3.63) is 59.9 Å². The van der Waals surface area contributed by atoms with Crippen LogP contribution in [0.3, 0.4) is 0 Å². The molecule has 3 rings (SSSR count). The van der Waals surface area contributed by atoms with Crippen LogP contribution >= 0.6 is 0 Å². The Balaban J connectivity index is 1.71. The molecule has 1 saturated carbocycles. The summed E-state index contributed by atoms with van der Waals surface area (Å²) >= 11 is 0. The molecule has 3 nitrogen and oxygen atoms in total. The molecule has 0 unspecified atom stereocenters. The SMILES string of the molecule is CN(Cc1ccccc1)c1cnccc1CNC1CC1. The third kappa shape index (κ3) is 3.36. The molecule has 0 radical (unpaired) electrons. The number of benzene rings is 1. The number of anilines is 1. The molecule has 2 aromatic rings. The van der Waals surface area contributed by atoms with Crippen molar-refractivity contribution in [1.82, 2.24) is 10.3 Å². The Morgan fingerprint density at radius 2 is 2.00 bits per heavy atom. The lowest BCUT2D eigenvalue weighted by Gasteiger charge is -2.22. The van der Waals surface area contributed by atoms with Gasteiger partial charge in [-0.3, -0.25) is 4.98 Å². The van der Waals surface area contributed by atoms with Gasteiger partial charge in [0.15, 0.2) is 0 Å². The van der Waals surface area contributed by atoms with E-state index in [2.05, 4.69) is 58.6 Å². The molecule has 20 heavy (non-hydrogen) atoms. The van der Waals surface area contributed by atoms with E-state index in [1.807, 2.05) is 12.4 Å². The number of nitrogens with one attached hydrogen (secondary N) is 1. The van der Waals surface area contributed by atoms with Gasteiger partial charge >= 0.3 is 0 Å². The van der Waals surface area contributed by atoms with Crippen molar-refractivity contribution in [2.24, 2.45) is 0 Å². The summed E-state index contributed by atoms with van der Waals surface area (Å²) in [5, 5.41) is 3.58. The van der Waals surface area contributed by atoms with Crippen LogP contribution in [0.15, 0.2) is 48.8 Å². The molecule has 0 saturated heterocycles. The Bertz CT molecular complexity index is 549. The fraction of sp³-hybridized carbons (Fsp3) is 0.353. The van der Waals surface area contributed by atoms with Crippen molar-refractivity contribution < 1.29 is 0 Å². The van der Waals surface area contributed by atoms with Crippen LogP contribution in [0.4, 0.5) is 5.69 Å². The molecule has 104 valence electrons. The second kappa shape index (κ2) is 6.06. The quantitative estimate of drug-likeness (QED) is 0.872. The van der Waals surface area contributed by atoms with Gasteiger partial charge in [0, 0.05) is 32.4 Å². The fourth-order valence-electron chi connectivity index (χ4n) is 2.39. The number of hydrogen-bond acceptors (Lipinski definition) is 3. The van der Waals surface area contributed by atoms with Crippen LogP contribution in [0.5, 0.6) is 0 Å². The maximum Gasteiger partial charge on any atom is 0.0598 e. The lowest BCUT2D eigenvalue weighted by Crippen LogP contribution is -2.21. The van der Waals surface area contributed by atoms with Crippen molar-refractivity contribution in [3.8, 4) is 0 Å². The van der Waals surface area contributed by atoms with Crippen molar-refractivity contribution >= 4 is 5.69 Å². The molecule has 1 aromatic carbocycles. The van der Waals surface area contributed by atoms with E-state index in [-0.39, 0.29) is 0 Å². The average Bonchev–Trinajstić information content (AvgIpc) is 3.31. The molecule has 0 spiro atoms.